The second-order valence-corrected chi connectivity index (χ2v) is 7.10. The molecule has 1 N–H and O–H groups in total. The Bertz CT molecular complexity index is 995. The lowest BCUT2D eigenvalue weighted by molar-refractivity contribution is -0.142. The number of benzene rings is 2. The molecule has 3 rings (SSSR count). The molecule has 0 saturated carbocycles. The molecule has 1 aromatic heterocycles. The van der Waals surface area contributed by atoms with Crippen LogP contribution < -0.4 is 10.1 Å². The van der Waals surface area contributed by atoms with Crippen molar-refractivity contribution in [2.75, 3.05) is 18.5 Å². The van der Waals surface area contributed by atoms with Crippen LogP contribution in [0.5, 0.6) is 5.75 Å². The zero-order chi connectivity index (χ0) is 20.5. The first kappa shape index (κ1) is 20.4. The zero-order valence-electron chi connectivity index (χ0n) is 16.0. The lowest BCUT2D eigenvalue weighted by Gasteiger charge is -2.11. The van der Waals surface area contributed by atoms with Crippen LogP contribution in [0.2, 0.25) is 0 Å². The van der Waals surface area contributed by atoms with Crippen LogP contribution in [0.1, 0.15) is 11.8 Å². The van der Waals surface area contributed by atoms with Crippen molar-refractivity contribution < 1.29 is 19.1 Å². The fraction of sp³-hybridized carbons (Fsp3) is 0.130. The number of carbonyl (C=O) groups is 2. The topological polar surface area (TPSA) is 64.6 Å². The van der Waals surface area contributed by atoms with Gasteiger partial charge in [-0.1, -0.05) is 42.5 Å². The highest BCUT2D eigenvalue weighted by molar-refractivity contribution is 7.16. The Balaban J connectivity index is 1.50. The average Bonchev–Trinajstić information content (AvgIpc) is 3.22. The highest BCUT2D eigenvalue weighted by Crippen LogP contribution is 2.28. The molecule has 6 heteroatoms. The molecule has 0 saturated heterocycles. The minimum absolute atomic E-state index is 0.372. The Kier molecular flexibility index (Phi) is 7.19. The summed E-state index contributed by atoms with van der Waals surface area (Å²) in [4.78, 5) is 26.0. The van der Waals surface area contributed by atoms with Crippen LogP contribution in [0.3, 0.4) is 0 Å². The number of hydrogen-bond donors (Lipinski definition) is 1. The van der Waals surface area contributed by atoms with Gasteiger partial charge in [0.25, 0.3) is 5.91 Å². The summed E-state index contributed by atoms with van der Waals surface area (Å²) in [5.74, 6) is -0.434. The van der Waals surface area contributed by atoms with Crippen LogP contribution in [0.4, 0.5) is 5.69 Å². The molecule has 1 heterocycles. The predicted octanol–water partition coefficient (Wildman–Crippen LogP) is 5.01. The second-order valence-electron chi connectivity index (χ2n) is 5.99. The number of hydrogen-bond acceptors (Lipinski definition) is 5. The maximum atomic E-state index is 12.0. The minimum Gasteiger partial charge on any atom is -0.492 e. The van der Waals surface area contributed by atoms with Gasteiger partial charge in [0.15, 0.2) is 6.61 Å². The SMILES string of the molecule is CCOc1ccccc1NC(=O)COC(=O)/C=C/c1ccc(-c2ccccc2)s1. The summed E-state index contributed by atoms with van der Waals surface area (Å²) < 4.78 is 10.5. The Morgan fingerprint density at radius 1 is 1.00 bits per heavy atom. The normalized spacial score (nSPS) is 10.7. The fourth-order valence-electron chi connectivity index (χ4n) is 2.57. The zero-order valence-corrected chi connectivity index (χ0v) is 16.8. The predicted molar refractivity (Wildman–Crippen MR) is 116 cm³/mol. The van der Waals surface area contributed by atoms with E-state index in [1.165, 1.54) is 6.08 Å². The molecule has 5 nitrogen and oxygen atoms in total. The maximum absolute atomic E-state index is 12.0. The van der Waals surface area contributed by atoms with E-state index in [1.807, 2.05) is 55.5 Å². The van der Waals surface area contributed by atoms with Crippen molar-refractivity contribution in [3.05, 3.63) is 77.7 Å². The van der Waals surface area contributed by atoms with E-state index in [4.69, 9.17) is 9.47 Å². The van der Waals surface area contributed by atoms with Gasteiger partial charge in [-0.05, 0) is 42.8 Å². The lowest BCUT2D eigenvalue weighted by Crippen LogP contribution is -2.20. The van der Waals surface area contributed by atoms with Gasteiger partial charge in [-0.3, -0.25) is 4.79 Å². The molecular weight excluding hydrogens is 386 g/mol. The van der Waals surface area contributed by atoms with Crippen LogP contribution in [-0.4, -0.2) is 25.1 Å². The van der Waals surface area contributed by atoms with Crippen molar-refractivity contribution in [2.24, 2.45) is 0 Å². The molecule has 3 aromatic rings. The van der Waals surface area contributed by atoms with Crippen molar-refractivity contribution in [1.82, 2.24) is 0 Å². The quantitative estimate of drug-likeness (QED) is 0.421. The third kappa shape index (κ3) is 6.05. The first-order chi connectivity index (χ1) is 14.2. The van der Waals surface area contributed by atoms with Gasteiger partial charge >= 0.3 is 5.97 Å². The highest BCUT2D eigenvalue weighted by Gasteiger charge is 2.09. The number of thiophene rings is 1. The van der Waals surface area contributed by atoms with E-state index in [2.05, 4.69) is 5.32 Å². The van der Waals surface area contributed by atoms with Crippen molar-refractivity contribution in [3.63, 3.8) is 0 Å². The smallest absolute Gasteiger partial charge is 0.331 e. The van der Waals surface area contributed by atoms with Crippen molar-refractivity contribution in [1.29, 1.82) is 0 Å². The summed E-state index contributed by atoms with van der Waals surface area (Å²) >= 11 is 1.57. The first-order valence-corrected chi connectivity index (χ1v) is 9.99. The molecule has 0 unspecified atom stereocenters. The molecule has 0 aliphatic heterocycles. The van der Waals surface area contributed by atoms with Crippen molar-refractivity contribution >= 4 is 35.0 Å². The monoisotopic (exact) mass is 407 g/mol. The van der Waals surface area contributed by atoms with Crippen molar-refractivity contribution in [2.45, 2.75) is 6.92 Å². The molecular formula is C23H21NO4S. The molecule has 1 amide bonds. The van der Waals surface area contributed by atoms with Gasteiger partial charge in [0, 0.05) is 15.8 Å². The number of carbonyl (C=O) groups excluding carboxylic acids is 2. The number of ether oxygens (including phenoxy) is 2. The number of esters is 1. The molecule has 148 valence electrons. The number of para-hydroxylation sites is 2. The summed E-state index contributed by atoms with van der Waals surface area (Å²) in [6.45, 7) is 1.98. The lowest BCUT2D eigenvalue weighted by atomic mass is 10.2. The van der Waals surface area contributed by atoms with E-state index in [-0.39, 0.29) is 6.61 Å². The van der Waals surface area contributed by atoms with Gasteiger partial charge in [-0.15, -0.1) is 11.3 Å². The third-order valence-corrected chi connectivity index (χ3v) is 4.97. The van der Waals surface area contributed by atoms with E-state index in [9.17, 15) is 9.59 Å². The number of anilines is 1. The number of amides is 1. The van der Waals surface area contributed by atoms with Gasteiger partial charge in [0.2, 0.25) is 0 Å². The fourth-order valence-corrected chi connectivity index (χ4v) is 3.49. The summed E-state index contributed by atoms with van der Waals surface area (Å²) in [6.07, 6.45) is 3.00. The van der Waals surface area contributed by atoms with Gasteiger partial charge in [-0.2, -0.15) is 0 Å². The Labute approximate surface area is 173 Å². The Morgan fingerprint density at radius 3 is 2.55 bits per heavy atom. The van der Waals surface area contributed by atoms with E-state index < -0.39 is 11.9 Å². The van der Waals surface area contributed by atoms with Crippen LogP contribution in [0.15, 0.2) is 72.8 Å². The highest BCUT2D eigenvalue weighted by atomic mass is 32.1. The number of rotatable bonds is 8. The van der Waals surface area contributed by atoms with E-state index in [0.717, 1.165) is 15.3 Å². The van der Waals surface area contributed by atoms with Crippen LogP contribution >= 0.6 is 11.3 Å². The van der Waals surface area contributed by atoms with Gasteiger partial charge in [-0.25, -0.2) is 4.79 Å². The average molecular weight is 407 g/mol. The Hall–Kier alpha value is -3.38. The van der Waals surface area contributed by atoms with Crippen LogP contribution in [0.25, 0.3) is 16.5 Å². The van der Waals surface area contributed by atoms with E-state index in [1.54, 1.807) is 35.6 Å². The van der Waals surface area contributed by atoms with Gasteiger partial charge in [0.05, 0.1) is 12.3 Å². The third-order valence-electron chi connectivity index (χ3n) is 3.88. The molecule has 0 fully saturated rings. The molecule has 29 heavy (non-hydrogen) atoms. The summed E-state index contributed by atoms with van der Waals surface area (Å²) in [6, 6.07) is 21.1. The molecule has 0 atom stereocenters. The summed E-state index contributed by atoms with van der Waals surface area (Å²) in [5.41, 5.74) is 1.67. The number of nitrogens with one attached hydrogen (secondary N) is 1. The van der Waals surface area contributed by atoms with Crippen molar-refractivity contribution in [3.8, 4) is 16.2 Å². The molecule has 0 radical (unpaired) electrons. The molecule has 2 aromatic carbocycles. The molecule has 0 aliphatic rings. The minimum atomic E-state index is -0.576. The van der Waals surface area contributed by atoms with Crippen LogP contribution in [0, 0.1) is 0 Å². The first-order valence-electron chi connectivity index (χ1n) is 9.17. The van der Waals surface area contributed by atoms with E-state index in [0.29, 0.717) is 18.0 Å². The standard InChI is InChI=1S/C23H21NO4S/c1-2-27-20-11-7-6-10-19(20)24-22(25)16-28-23(26)15-13-18-12-14-21(29-18)17-8-4-3-5-9-17/h3-15H,2,16H2,1H3,(H,24,25)/b15-13+. The van der Waals surface area contributed by atoms with Gasteiger partial charge in [0.1, 0.15) is 5.75 Å². The second kappa shape index (κ2) is 10.2. The van der Waals surface area contributed by atoms with E-state index >= 15 is 0 Å². The van der Waals surface area contributed by atoms with Crippen LogP contribution in [-0.2, 0) is 14.3 Å². The summed E-state index contributed by atoms with van der Waals surface area (Å²) in [5, 5.41) is 2.68. The maximum Gasteiger partial charge on any atom is 0.331 e. The largest absolute Gasteiger partial charge is 0.492 e. The molecule has 0 aliphatic carbocycles. The molecule has 0 bridgehead atoms. The summed E-state index contributed by atoms with van der Waals surface area (Å²) in [7, 11) is 0. The molecule has 0 spiro atoms. The van der Waals surface area contributed by atoms with Gasteiger partial charge < -0.3 is 14.8 Å². The Morgan fingerprint density at radius 2 is 1.76 bits per heavy atom.